The minimum atomic E-state index is 0.668. The van der Waals surface area contributed by atoms with E-state index in [2.05, 4.69) is 27.0 Å². The van der Waals surface area contributed by atoms with E-state index >= 15 is 0 Å². The Kier molecular flexibility index (Phi) is 3.78. The van der Waals surface area contributed by atoms with Crippen molar-refractivity contribution in [1.29, 1.82) is 0 Å². The first kappa shape index (κ1) is 14.2. The zero-order valence-electron chi connectivity index (χ0n) is 12.1. The Morgan fingerprint density at radius 1 is 1.38 bits per heavy atom. The van der Waals surface area contributed by atoms with E-state index in [1.54, 1.807) is 18.4 Å². The van der Waals surface area contributed by atoms with Crippen molar-refractivity contribution in [3.05, 3.63) is 45.7 Å². The summed E-state index contributed by atoms with van der Waals surface area (Å²) in [4.78, 5) is 5.62. The van der Waals surface area contributed by atoms with Gasteiger partial charge in [-0.05, 0) is 32.0 Å². The summed E-state index contributed by atoms with van der Waals surface area (Å²) in [5.41, 5.74) is 4.28. The molecule has 2 heterocycles. The van der Waals surface area contributed by atoms with Gasteiger partial charge in [-0.3, -0.25) is 4.40 Å². The average Bonchev–Trinajstić information content (AvgIpc) is 2.96. The van der Waals surface area contributed by atoms with Gasteiger partial charge in [0, 0.05) is 16.1 Å². The Morgan fingerprint density at radius 2 is 2.19 bits per heavy atom. The number of nitrogens with zero attached hydrogens (tertiary/aromatic N) is 2. The number of hydrogen-bond donors (Lipinski definition) is 1. The lowest BCUT2D eigenvalue weighted by Gasteiger charge is -2.12. The number of ether oxygens (including phenoxy) is 1. The fourth-order valence-corrected chi connectivity index (χ4v) is 3.48. The quantitative estimate of drug-likeness (QED) is 0.779. The third-order valence-electron chi connectivity index (χ3n) is 3.44. The molecular weight excluding hydrogens is 306 g/mol. The zero-order chi connectivity index (χ0) is 15.0. The standard InChI is InChI=1S/C15H16ClN3OS/c1-9-8-21-15-18-10(2)13(19(9)15)7-17-12-6-11(16)4-5-14(12)20-3/h4-6,8,17H,7H2,1-3H3. The first-order valence-corrected chi connectivity index (χ1v) is 7.85. The van der Waals surface area contributed by atoms with Crippen molar-refractivity contribution in [2.45, 2.75) is 20.4 Å². The fourth-order valence-electron chi connectivity index (χ4n) is 2.37. The summed E-state index contributed by atoms with van der Waals surface area (Å²) in [5.74, 6) is 0.778. The molecule has 1 aromatic carbocycles. The van der Waals surface area contributed by atoms with Crippen LogP contribution in [0.4, 0.5) is 5.69 Å². The van der Waals surface area contributed by atoms with Gasteiger partial charge >= 0.3 is 0 Å². The van der Waals surface area contributed by atoms with Gasteiger partial charge in [0.25, 0.3) is 0 Å². The van der Waals surface area contributed by atoms with E-state index in [0.29, 0.717) is 11.6 Å². The van der Waals surface area contributed by atoms with Gasteiger partial charge in [0.05, 0.1) is 30.7 Å². The number of rotatable bonds is 4. The normalized spacial score (nSPS) is 11.0. The maximum absolute atomic E-state index is 6.06. The zero-order valence-corrected chi connectivity index (χ0v) is 13.7. The van der Waals surface area contributed by atoms with Crippen molar-refractivity contribution < 1.29 is 4.74 Å². The summed E-state index contributed by atoms with van der Waals surface area (Å²) in [6.45, 7) is 4.79. The molecule has 0 aliphatic carbocycles. The van der Waals surface area contributed by atoms with E-state index in [9.17, 15) is 0 Å². The highest BCUT2D eigenvalue weighted by atomic mass is 35.5. The van der Waals surface area contributed by atoms with Crippen molar-refractivity contribution >= 4 is 33.6 Å². The first-order valence-electron chi connectivity index (χ1n) is 6.59. The van der Waals surface area contributed by atoms with Crippen LogP contribution in [0.25, 0.3) is 4.96 Å². The molecule has 0 atom stereocenters. The number of anilines is 1. The minimum absolute atomic E-state index is 0.668. The number of aryl methyl sites for hydroxylation is 2. The van der Waals surface area contributed by atoms with Crippen LogP contribution in [0.5, 0.6) is 5.75 Å². The smallest absolute Gasteiger partial charge is 0.194 e. The van der Waals surface area contributed by atoms with Crippen LogP contribution in [0, 0.1) is 13.8 Å². The number of methoxy groups -OCH3 is 1. The number of hydrogen-bond acceptors (Lipinski definition) is 4. The molecule has 0 saturated carbocycles. The van der Waals surface area contributed by atoms with Crippen LogP contribution in [0.2, 0.25) is 5.02 Å². The van der Waals surface area contributed by atoms with Crippen LogP contribution in [-0.4, -0.2) is 16.5 Å². The van der Waals surface area contributed by atoms with E-state index in [1.165, 1.54) is 5.69 Å². The number of aromatic nitrogens is 2. The van der Waals surface area contributed by atoms with E-state index < -0.39 is 0 Å². The van der Waals surface area contributed by atoms with Gasteiger partial charge < -0.3 is 10.1 Å². The van der Waals surface area contributed by atoms with Gasteiger partial charge in [0.2, 0.25) is 0 Å². The van der Waals surface area contributed by atoms with E-state index in [-0.39, 0.29) is 0 Å². The largest absolute Gasteiger partial charge is 0.495 e. The van der Waals surface area contributed by atoms with Crippen LogP contribution in [0.3, 0.4) is 0 Å². The Balaban J connectivity index is 1.91. The van der Waals surface area contributed by atoms with Gasteiger partial charge in [-0.25, -0.2) is 4.98 Å². The van der Waals surface area contributed by atoms with Crippen molar-refractivity contribution in [3.8, 4) is 5.75 Å². The Labute approximate surface area is 132 Å². The van der Waals surface area contributed by atoms with Crippen LogP contribution >= 0.6 is 22.9 Å². The van der Waals surface area contributed by atoms with Crippen molar-refractivity contribution in [3.63, 3.8) is 0 Å². The predicted molar refractivity (Wildman–Crippen MR) is 87.9 cm³/mol. The summed E-state index contributed by atoms with van der Waals surface area (Å²) in [6.07, 6.45) is 0. The molecule has 0 unspecified atom stereocenters. The number of fused-ring (bicyclic) bond motifs is 1. The topological polar surface area (TPSA) is 38.6 Å². The molecule has 0 fully saturated rings. The monoisotopic (exact) mass is 321 g/mol. The molecule has 0 aliphatic rings. The van der Waals surface area contributed by atoms with Crippen molar-refractivity contribution in [2.24, 2.45) is 0 Å². The fraction of sp³-hybridized carbons (Fsp3) is 0.267. The Morgan fingerprint density at radius 3 is 2.95 bits per heavy atom. The van der Waals surface area contributed by atoms with Crippen molar-refractivity contribution in [1.82, 2.24) is 9.38 Å². The van der Waals surface area contributed by atoms with Crippen LogP contribution in [0.15, 0.2) is 23.6 Å². The lowest BCUT2D eigenvalue weighted by Crippen LogP contribution is -2.05. The summed E-state index contributed by atoms with van der Waals surface area (Å²) in [7, 11) is 1.65. The van der Waals surface area contributed by atoms with E-state index in [1.807, 2.05) is 25.1 Å². The summed E-state index contributed by atoms with van der Waals surface area (Å²) in [5, 5.41) is 6.19. The molecule has 0 amide bonds. The highest BCUT2D eigenvalue weighted by Crippen LogP contribution is 2.29. The molecule has 3 aromatic rings. The number of halogens is 1. The van der Waals surface area contributed by atoms with Gasteiger partial charge in [0.15, 0.2) is 4.96 Å². The average molecular weight is 322 g/mol. The summed E-state index contributed by atoms with van der Waals surface area (Å²) in [6, 6.07) is 5.55. The summed E-state index contributed by atoms with van der Waals surface area (Å²) < 4.78 is 7.54. The maximum Gasteiger partial charge on any atom is 0.194 e. The van der Waals surface area contributed by atoms with E-state index in [4.69, 9.17) is 16.3 Å². The molecule has 0 bridgehead atoms. The number of benzene rings is 1. The second-order valence-electron chi connectivity index (χ2n) is 4.84. The van der Waals surface area contributed by atoms with Crippen LogP contribution in [0.1, 0.15) is 17.1 Å². The molecule has 1 N–H and O–H groups in total. The molecule has 0 aliphatic heterocycles. The molecule has 4 nitrogen and oxygen atoms in total. The van der Waals surface area contributed by atoms with Crippen molar-refractivity contribution in [2.75, 3.05) is 12.4 Å². The van der Waals surface area contributed by atoms with Crippen LogP contribution in [-0.2, 0) is 6.54 Å². The Bertz CT molecular complexity index is 794. The third kappa shape index (κ3) is 2.59. The number of nitrogens with one attached hydrogen (secondary N) is 1. The van der Waals surface area contributed by atoms with Gasteiger partial charge in [-0.15, -0.1) is 11.3 Å². The molecule has 110 valence electrons. The third-order valence-corrected chi connectivity index (χ3v) is 4.62. The first-order chi connectivity index (χ1) is 10.1. The molecule has 0 saturated heterocycles. The van der Waals surface area contributed by atoms with Crippen LogP contribution < -0.4 is 10.1 Å². The minimum Gasteiger partial charge on any atom is -0.495 e. The molecule has 21 heavy (non-hydrogen) atoms. The van der Waals surface area contributed by atoms with Gasteiger partial charge in [-0.2, -0.15) is 0 Å². The molecular formula is C15H16ClN3OS. The number of imidazole rings is 1. The lowest BCUT2D eigenvalue weighted by molar-refractivity contribution is 0.416. The molecule has 0 spiro atoms. The second-order valence-corrected chi connectivity index (χ2v) is 6.11. The Hall–Kier alpha value is -1.72. The molecule has 0 radical (unpaired) electrons. The summed E-state index contributed by atoms with van der Waals surface area (Å²) >= 11 is 7.72. The molecule has 3 rings (SSSR count). The predicted octanol–water partition coefficient (Wildman–Crippen LogP) is 4.29. The van der Waals surface area contributed by atoms with Gasteiger partial charge in [-0.1, -0.05) is 11.6 Å². The molecule has 2 aromatic heterocycles. The maximum atomic E-state index is 6.06. The van der Waals surface area contributed by atoms with E-state index in [0.717, 1.165) is 27.8 Å². The highest BCUT2D eigenvalue weighted by Gasteiger charge is 2.12. The number of thiazole rings is 1. The van der Waals surface area contributed by atoms with Gasteiger partial charge in [0.1, 0.15) is 5.75 Å². The SMILES string of the molecule is COc1ccc(Cl)cc1NCc1c(C)nc2scc(C)n12. The molecule has 6 heteroatoms. The lowest BCUT2D eigenvalue weighted by atomic mass is 10.2. The highest BCUT2D eigenvalue weighted by molar-refractivity contribution is 7.15. The second kappa shape index (κ2) is 5.58.